The van der Waals surface area contributed by atoms with Crippen LogP contribution in [-0.4, -0.2) is 48.4 Å². The molecule has 2 aliphatic heterocycles. The van der Waals surface area contributed by atoms with Crippen molar-refractivity contribution < 1.29 is 23.9 Å². The van der Waals surface area contributed by atoms with Crippen molar-refractivity contribution in [3.05, 3.63) is 58.8 Å². The molecule has 4 amide bonds. The van der Waals surface area contributed by atoms with Gasteiger partial charge in [-0.1, -0.05) is 37.6 Å². The fraction of sp³-hybridized carbons (Fsp3) is 0.273. The van der Waals surface area contributed by atoms with E-state index in [0.717, 1.165) is 10.3 Å². The summed E-state index contributed by atoms with van der Waals surface area (Å²) in [6.07, 6.45) is 1.15. The quantitative estimate of drug-likeness (QED) is 0.585. The van der Waals surface area contributed by atoms with Gasteiger partial charge in [0.1, 0.15) is 0 Å². The van der Waals surface area contributed by atoms with Crippen LogP contribution in [0.25, 0.3) is 10.8 Å². The smallest absolute Gasteiger partial charge is 0.337 e. The molecule has 8 nitrogen and oxygen atoms in total. The van der Waals surface area contributed by atoms with Gasteiger partial charge >= 0.3 is 12.0 Å². The first-order chi connectivity index (χ1) is 14.5. The minimum absolute atomic E-state index is 0.173. The molecule has 0 aromatic heterocycles. The Balaban J connectivity index is 1.75. The van der Waals surface area contributed by atoms with Crippen LogP contribution >= 0.6 is 0 Å². The highest BCUT2D eigenvalue weighted by atomic mass is 16.5. The topological polar surface area (TPSA) is 105 Å². The number of nitrogens with one attached hydrogen (secondary N) is 2. The summed E-state index contributed by atoms with van der Waals surface area (Å²) in [5.41, 5.74) is 1.50. The number of benzene rings is 2. The third kappa shape index (κ3) is 3.10. The van der Waals surface area contributed by atoms with Gasteiger partial charge in [-0.05, 0) is 23.9 Å². The van der Waals surface area contributed by atoms with Gasteiger partial charge in [0.15, 0.2) is 0 Å². The number of rotatable bonds is 5. The van der Waals surface area contributed by atoms with Crippen LogP contribution in [0, 0.1) is 0 Å². The zero-order valence-corrected chi connectivity index (χ0v) is 16.7. The fourth-order valence-electron chi connectivity index (χ4n) is 4.07. The molecule has 2 heterocycles. The molecule has 4 rings (SSSR count). The number of hydrogen-bond donors (Lipinski definition) is 2. The SMILES string of the molecule is CCCC1=C(C(=O)OC)C(CN2C(=O)c3cccc4cccc(c34)C2=O)NC(=O)N1. The molecule has 1 unspecified atom stereocenters. The first kappa shape index (κ1) is 19.6. The van der Waals surface area contributed by atoms with Gasteiger partial charge in [0, 0.05) is 22.2 Å². The molecule has 0 saturated carbocycles. The van der Waals surface area contributed by atoms with Gasteiger partial charge in [0.05, 0.1) is 25.3 Å². The van der Waals surface area contributed by atoms with Crippen molar-refractivity contribution >= 4 is 34.6 Å². The van der Waals surface area contributed by atoms with E-state index in [-0.39, 0.29) is 12.1 Å². The number of urea groups is 1. The van der Waals surface area contributed by atoms with E-state index in [4.69, 9.17) is 4.74 Å². The molecule has 0 bridgehead atoms. The highest BCUT2D eigenvalue weighted by molar-refractivity contribution is 6.25. The van der Waals surface area contributed by atoms with E-state index in [1.165, 1.54) is 7.11 Å². The highest BCUT2D eigenvalue weighted by Crippen LogP contribution is 2.31. The lowest BCUT2D eigenvalue weighted by Gasteiger charge is -2.34. The Bertz CT molecular complexity index is 1070. The van der Waals surface area contributed by atoms with Gasteiger partial charge in [-0.25, -0.2) is 9.59 Å². The average molecular weight is 407 g/mol. The van der Waals surface area contributed by atoms with Crippen molar-refractivity contribution in [1.29, 1.82) is 0 Å². The van der Waals surface area contributed by atoms with Crippen LogP contribution in [0.1, 0.15) is 40.5 Å². The summed E-state index contributed by atoms with van der Waals surface area (Å²) in [4.78, 5) is 52.1. The summed E-state index contributed by atoms with van der Waals surface area (Å²) < 4.78 is 4.90. The summed E-state index contributed by atoms with van der Waals surface area (Å²) in [7, 11) is 1.25. The van der Waals surface area contributed by atoms with E-state index in [1.807, 2.05) is 19.1 Å². The van der Waals surface area contributed by atoms with E-state index in [1.54, 1.807) is 24.3 Å². The molecule has 2 aromatic rings. The Morgan fingerprint density at radius 2 is 1.70 bits per heavy atom. The largest absolute Gasteiger partial charge is 0.466 e. The Morgan fingerprint density at radius 3 is 2.27 bits per heavy atom. The normalized spacial score (nSPS) is 18.4. The van der Waals surface area contributed by atoms with Crippen molar-refractivity contribution in [3.8, 4) is 0 Å². The minimum Gasteiger partial charge on any atom is -0.466 e. The van der Waals surface area contributed by atoms with Gasteiger partial charge in [-0.15, -0.1) is 0 Å². The number of carbonyl (C=O) groups is 4. The predicted molar refractivity (Wildman–Crippen MR) is 109 cm³/mol. The molecule has 30 heavy (non-hydrogen) atoms. The lowest BCUT2D eigenvalue weighted by Crippen LogP contribution is -2.56. The van der Waals surface area contributed by atoms with Crippen LogP contribution in [0.5, 0.6) is 0 Å². The Hall–Kier alpha value is -3.68. The summed E-state index contributed by atoms with van der Waals surface area (Å²) in [6.45, 7) is 1.74. The van der Waals surface area contributed by atoms with Gasteiger partial charge < -0.3 is 15.4 Å². The maximum absolute atomic E-state index is 13.2. The van der Waals surface area contributed by atoms with Gasteiger partial charge in [-0.2, -0.15) is 0 Å². The Labute approximate surface area is 172 Å². The van der Waals surface area contributed by atoms with Crippen molar-refractivity contribution in [2.45, 2.75) is 25.8 Å². The van der Waals surface area contributed by atoms with Crippen molar-refractivity contribution in [1.82, 2.24) is 15.5 Å². The van der Waals surface area contributed by atoms with Crippen molar-refractivity contribution in [3.63, 3.8) is 0 Å². The van der Waals surface area contributed by atoms with Crippen molar-refractivity contribution in [2.75, 3.05) is 13.7 Å². The molecule has 2 N–H and O–H groups in total. The summed E-state index contributed by atoms with van der Waals surface area (Å²) in [5.74, 6) is -1.54. The first-order valence-electron chi connectivity index (χ1n) is 9.73. The van der Waals surface area contributed by atoms with Gasteiger partial charge in [-0.3, -0.25) is 14.5 Å². The number of imide groups is 1. The number of esters is 1. The number of nitrogens with zero attached hydrogens (tertiary/aromatic N) is 1. The number of amides is 4. The second-order valence-corrected chi connectivity index (χ2v) is 7.22. The molecule has 0 fully saturated rings. The molecule has 0 saturated heterocycles. The van der Waals surface area contributed by atoms with E-state index in [2.05, 4.69) is 10.6 Å². The number of hydrogen-bond acceptors (Lipinski definition) is 5. The molecule has 1 atom stereocenters. The molecule has 8 heteroatoms. The van der Waals surface area contributed by atoms with Gasteiger partial charge in [0.25, 0.3) is 11.8 Å². The van der Waals surface area contributed by atoms with Crippen LogP contribution in [-0.2, 0) is 9.53 Å². The monoisotopic (exact) mass is 407 g/mol. The zero-order chi connectivity index (χ0) is 21.4. The molecular formula is C22H21N3O5. The number of allylic oxidation sites excluding steroid dienone is 1. The van der Waals surface area contributed by atoms with E-state index >= 15 is 0 Å². The second-order valence-electron chi connectivity index (χ2n) is 7.22. The zero-order valence-electron chi connectivity index (χ0n) is 16.7. The first-order valence-corrected chi connectivity index (χ1v) is 9.73. The molecule has 0 radical (unpaired) electrons. The maximum Gasteiger partial charge on any atom is 0.337 e. The van der Waals surface area contributed by atoms with E-state index in [9.17, 15) is 19.2 Å². The Kier molecular flexibility index (Phi) is 4.99. The van der Waals surface area contributed by atoms with Crippen LogP contribution < -0.4 is 10.6 Å². The lowest BCUT2D eigenvalue weighted by atomic mass is 9.93. The number of ether oxygens (including phenoxy) is 1. The highest BCUT2D eigenvalue weighted by Gasteiger charge is 2.39. The molecule has 0 aliphatic carbocycles. The third-order valence-electron chi connectivity index (χ3n) is 5.37. The molecule has 2 aliphatic rings. The van der Waals surface area contributed by atoms with Crippen LogP contribution in [0.15, 0.2) is 47.7 Å². The Morgan fingerprint density at radius 1 is 1.07 bits per heavy atom. The average Bonchev–Trinajstić information content (AvgIpc) is 2.74. The molecular weight excluding hydrogens is 386 g/mol. The van der Waals surface area contributed by atoms with Crippen molar-refractivity contribution in [2.24, 2.45) is 0 Å². The predicted octanol–water partition coefficient (Wildman–Crippen LogP) is 2.34. The second kappa shape index (κ2) is 7.62. The fourth-order valence-corrected chi connectivity index (χ4v) is 4.07. The molecule has 154 valence electrons. The maximum atomic E-state index is 13.2. The number of carbonyl (C=O) groups excluding carboxylic acids is 4. The minimum atomic E-state index is -0.870. The summed E-state index contributed by atoms with van der Waals surface area (Å²) >= 11 is 0. The number of methoxy groups -OCH3 is 1. The van der Waals surface area contributed by atoms with E-state index < -0.39 is 29.9 Å². The standard InChI is InChI=1S/C22H21N3O5/c1-3-6-15-18(21(28)30-2)16(24-22(29)23-15)11-25-19(26)13-9-4-7-12-8-5-10-14(17(12)13)20(25)27/h4-5,7-10,16H,3,6,11H2,1-2H3,(H2,23,24,29). The summed E-state index contributed by atoms with van der Waals surface area (Å²) in [6, 6.07) is 9.21. The van der Waals surface area contributed by atoms with E-state index in [0.29, 0.717) is 35.1 Å². The van der Waals surface area contributed by atoms with Crippen LogP contribution in [0.3, 0.4) is 0 Å². The molecule has 0 spiro atoms. The summed E-state index contributed by atoms with van der Waals surface area (Å²) in [5, 5.41) is 6.73. The third-order valence-corrected chi connectivity index (χ3v) is 5.37. The lowest BCUT2D eigenvalue weighted by molar-refractivity contribution is -0.136. The van der Waals surface area contributed by atoms with Crippen LogP contribution in [0.4, 0.5) is 4.79 Å². The van der Waals surface area contributed by atoms with Gasteiger partial charge in [0.2, 0.25) is 0 Å². The molecule has 2 aromatic carbocycles. The van der Waals surface area contributed by atoms with Crippen LogP contribution in [0.2, 0.25) is 0 Å².